The summed E-state index contributed by atoms with van der Waals surface area (Å²) in [4.78, 5) is 8.79. The second kappa shape index (κ2) is 8.81. The van der Waals surface area contributed by atoms with Crippen molar-refractivity contribution in [3.05, 3.63) is 57.9 Å². The first-order valence-corrected chi connectivity index (χ1v) is 9.19. The first kappa shape index (κ1) is 21.3. The van der Waals surface area contributed by atoms with E-state index >= 15 is 0 Å². The molecule has 0 radical (unpaired) electrons. The maximum absolute atomic E-state index is 14.2. The normalized spacial score (nSPS) is 13.0. The number of hydrogen-bond donors (Lipinski definition) is 0. The number of hydrogen-bond acceptors (Lipinski definition) is 3. The van der Waals surface area contributed by atoms with Gasteiger partial charge in [0.05, 0.1) is 21.6 Å². The first-order valence-electron chi connectivity index (χ1n) is 8.81. The van der Waals surface area contributed by atoms with E-state index < -0.39 is 11.6 Å². The predicted octanol–water partition coefficient (Wildman–Crippen LogP) is 5.28. The second-order valence-electron chi connectivity index (χ2n) is 6.94. The molecule has 3 nitrogen and oxygen atoms in total. The van der Waals surface area contributed by atoms with Gasteiger partial charge in [0.25, 0.3) is 0 Å². The summed E-state index contributed by atoms with van der Waals surface area (Å²) in [6.45, 7) is 7.55. The maximum atomic E-state index is 14.2. The van der Waals surface area contributed by atoms with Crippen LogP contribution in [0.1, 0.15) is 25.1 Å². The Hall–Kier alpha value is -1.98. The Kier molecular flexibility index (Phi) is 6.95. The van der Waals surface area contributed by atoms with Gasteiger partial charge in [-0.05, 0) is 52.1 Å². The van der Waals surface area contributed by atoms with Crippen LogP contribution in [0, 0.1) is 18.6 Å². The number of pyridine rings is 1. The van der Waals surface area contributed by atoms with E-state index in [-0.39, 0.29) is 15.9 Å². The zero-order valence-electron chi connectivity index (χ0n) is 16.7. The molecule has 0 aliphatic heterocycles. The molecule has 1 heterocycles. The van der Waals surface area contributed by atoms with E-state index in [1.165, 1.54) is 6.07 Å². The molecule has 0 N–H and O–H groups in total. The summed E-state index contributed by atoms with van der Waals surface area (Å²) in [7, 11) is 6.10. The van der Waals surface area contributed by atoms with Crippen LogP contribution in [-0.4, -0.2) is 49.0 Å². The first-order chi connectivity index (χ1) is 12.6. The molecule has 0 atom stereocenters. The standard InChI is InChI=1S/C21H26ClF2N3/c1-7-15(10-13(2)27(6)9-8-26(4)5)21-14(3)20(22)19-17(24)11-16(23)12-18(19)25-21/h7,10-12H,8-9H2,1-6H3. The van der Waals surface area contributed by atoms with E-state index in [9.17, 15) is 8.78 Å². The number of rotatable bonds is 6. The Morgan fingerprint density at radius 1 is 1.19 bits per heavy atom. The second-order valence-corrected chi connectivity index (χ2v) is 7.31. The van der Waals surface area contributed by atoms with Gasteiger partial charge in [0, 0.05) is 38.0 Å². The molecular formula is C21H26ClF2N3. The van der Waals surface area contributed by atoms with E-state index in [0.717, 1.165) is 30.4 Å². The minimum absolute atomic E-state index is 0.151. The van der Waals surface area contributed by atoms with Crippen molar-refractivity contribution in [3.63, 3.8) is 0 Å². The van der Waals surface area contributed by atoms with Gasteiger partial charge >= 0.3 is 0 Å². The maximum Gasteiger partial charge on any atom is 0.137 e. The molecule has 0 aliphatic rings. The lowest BCUT2D eigenvalue weighted by atomic mass is 10.0. The molecule has 146 valence electrons. The molecule has 0 saturated carbocycles. The van der Waals surface area contributed by atoms with E-state index in [1.54, 1.807) is 6.92 Å². The summed E-state index contributed by atoms with van der Waals surface area (Å²) in [6, 6.07) is 2.04. The Morgan fingerprint density at radius 3 is 2.44 bits per heavy atom. The minimum Gasteiger partial charge on any atom is -0.377 e. The van der Waals surface area contributed by atoms with Crippen molar-refractivity contribution in [2.45, 2.75) is 20.8 Å². The van der Waals surface area contributed by atoms with Crippen molar-refractivity contribution in [2.75, 3.05) is 34.2 Å². The van der Waals surface area contributed by atoms with E-state index in [0.29, 0.717) is 11.3 Å². The number of nitrogens with zero attached hydrogens (tertiary/aromatic N) is 3. The lowest BCUT2D eigenvalue weighted by Crippen LogP contribution is -2.27. The largest absolute Gasteiger partial charge is 0.377 e. The van der Waals surface area contributed by atoms with E-state index in [4.69, 9.17) is 11.6 Å². The summed E-state index contributed by atoms with van der Waals surface area (Å²) in [5.41, 5.74) is 3.43. The number of benzene rings is 1. The molecule has 0 saturated heterocycles. The lowest BCUT2D eigenvalue weighted by molar-refractivity contribution is 0.326. The van der Waals surface area contributed by atoms with Gasteiger partial charge in [-0.15, -0.1) is 0 Å². The molecule has 0 aliphatic carbocycles. The molecule has 0 unspecified atom stereocenters. The zero-order valence-corrected chi connectivity index (χ0v) is 17.5. The number of halogens is 3. The van der Waals surface area contributed by atoms with Crippen LogP contribution in [0.15, 0.2) is 30.0 Å². The highest BCUT2D eigenvalue weighted by molar-refractivity contribution is 6.36. The SMILES string of the molecule is CC=C(C=C(C)N(C)CCN(C)C)c1nc2cc(F)cc(F)c2c(Cl)c1C. The quantitative estimate of drug-likeness (QED) is 0.623. The fourth-order valence-electron chi connectivity index (χ4n) is 2.79. The molecule has 0 bridgehead atoms. The predicted molar refractivity (Wildman–Crippen MR) is 110 cm³/mol. The fraction of sp³-hybridized carbons (Fsp3) is 0.381. The Morgan fingerprint density at radius 2 is 1.85 bits per heavy atom. The van der Waals surface area contributed by atoms with Crippen molar-refractivity contribution in [2.24, 2.45) is 0 Å². The third-order valence-corrected chi connectivity index (χ3v) is 5.08. The lowest BCUT2D eigenvalue weighted by Gasteiger charge is -2.22. The van der Waals surface area contributed by atoms with Crippen LogP contribution in [0.5, 0.6) is 0 Å². The molecule has 2 rings (SSSR count). The summed E-state index contributed by atoms with van der Waals surface area (Å²) in [6.07, 6.45) is 3.94. The highest BCUT2D eigenvalue weighted by atomic mass is 35.5. The van der Waals surface area contributed by atoms with Crippen molar-refractivity contribution < 1.29 is 8.78 Å². The molecular weight excluding hydrogens is 368 g/mol. The van der Waals surface area contributed by atoms with Crippen LogP contribution in [0.25, 0.3) is 16.5 Å². The van der Waals surface area contributed by atoms with Crippen LogP contribution in [0.2, 0.25) is 5.02 Å². The van der Waals surface area contributed by atoms with Gasteiger partial charge in [0.1, 0.15) is 11.6 Å². The van der Waals surface area contributed by atoms with Crippen molar-refractivity contribution in [1.82, 2.24) is 14.8 Å². The van der Waals surface area contributed by atoms with E-state index in [1.807, 2.05) is 47.1 Å². The summed E-state index contributed by atoms with van der Waals surface area (Å²) in [5.74, 6) is -1.37. The highest BCUT2D eigenvalue weighted by Crippen LogP contribution is 2.33. The third kappa shape index (κ3) is 4.85. The van der Waals surface area contributed by atoms with Gasteiger partial charge in [0.15, 0.2) is 0 Å². The zero-order chi connectivity index (χ0) is 20.3. The smallest absolute Gasteiger partial charge is 0.137 e. The van der Waals surface area contributed by atoms with Gasteiger partial charge in [0.2, 0.25) is 0 Å². The highest BCUT2D eigenvalue weighted by Gasteiger charge is 2.17. The third-order valence-electron chi connectivity index (χ3n) is 4.60. The number of aromatic nitrogens is 1. The Bertz CT molecular complexity index is 904. The molecule has 0 amide bonds. The van der Waals surface area contributed by atoms with Gasteiger partial charge < -0.3 is 9.80 Å². The van der Waals surface area contributed by atoms with Gasteiger partial charge in [-0.3, -0.25) is 0 Å². The van der Waals surface area contributed by atoms with Gasteiger partial charge in [-0.25, -0.2) is 13.8 Å². The molecule has 2 aromatic rings. The summed E-state index contributed by atoms with van der Waals surface area (Å²) in [5, 5.41) is 0.414. The Balaban J connectivity index is 2.50. The fourth-order valence-corrected chi connectivity index (χ4v) is 3.07. The average Bonchev–Trinajstić information content (AvgIpc) is 2.59. The van der Waals surface area contributed by atoms with Crippen LogP contribution < -0.4 is 0 Å². The van der Waals surface area contributed by atoms with Crippen molar-refractivity contribution >= 4 is 28.1 Å². The summed E-state index contributed by atoms with van der Waals surface area (Å²) < 4.78 is 27.8. The molecule has 6 heteroatoms. The van der Waals surface area contributed by atoms with Crippen molar-refractivity contribution in [3.8, 4) is 0 Å². The average molecular weight is 394 g/mol. The van der Waals surface area contributed by atoms with Crippen LogP contribution in [0.3, 0.4) is 0 Å². The van der Waals surface area contributed by atoms with E-state index in [2.05, 4.69) is 14.8 Å². The van der Waals surface area contributed by atoms with Gasteiger partial charge in [-0.1, -0.05) is 17.7 Å². The molecule has 1 aromatic carbocycles. The molecule has 27 heavy (non-hydrogen) atoms. The topological polar surface area (TPSA) is 19.4 Å². The van der Waals surface area contributed by atoms with Gasteiger partial charge in [-0.2, -0.15) is 0 Å². The summed E-state index contributed by atoms with van der Waals surface area (Å²) >= 11 is 6.41. The Labute approximate surface area is 164 Å². The van der Waals surface area contributed by atoms with Crippen molar-refractivity contribution in [1.29, 1.82) is 0 Å². The van der Waals surface area contributed by atoms with Crippen LogP contribution in [0.4, 0.5) is 8.78 Å². The monoisotopic (exact) mass is 393 g/mol. The van der Waals surface area contributed by atoms with Crippen LogP contribution >= 0.6 is 11.6 Å². The molecule has 0 fully saturated rings. The molecule has 0 spiro atoms. The molecule has 1 aromatic heterocycles. The minimum atomic E-state index is -0.700. The van der Waals surface area contributed by atoms with Crippen LogP contribution in [-0.2, 0) is 0 Å². The number of likely N-dealkylation sites (N-methyl/N-ethyl adjacent to an activating group) is 2. The number of allylic oxidation sites excluding steroid dienone is 4. The number of fused-ring (bicyclic) bond motifs is 1.